The topological polar surface area (TPSA) is 98.7 Å². The van der Waals surface area contributed by atoms with Gasteiger partial charge in [-0.3, -0.25) is 4.79 Å². The van der Waals surface area contributed by atoms with Crippen molar-refractivity contribution in [1.82, 2.24) is 10.6 Å². The lowest BCUT2D eigenvalue weighted by molar-refractivity contribution is 0.0696. The predicted molar refractivity (Wildman–Crippen MR) is 133 cm³/mol. The maximum atomic E-state index is 13.8. The molecule has 0 aliphatic rings. The van der Waals surface area contributed by atoms with Crippen LogP contribution in [0.4, 0.5) is 8.78 Å². The predicted octanol–water partition coefficient (Wildman–Crippen LogP) is 4.03. The lowest BCUT2D eigenvalue weighted by atomic mass is 9.99. The first-order chi connectivity index (χ1) is 17.1. The zero-order valence-corrected chi connectivity index (χ0v) is 20.2. The number of hydrogen-bond acceptors (Lipinski definition) is 4. The first-order valence-corrected chi connectivity index (χ1v) is 11.7. The van der Waals surface area contributed by atoms with Crippen LogP contribution in [0.1, 0.15) is 49.9 Å². The fraction of sp³-hybridized carbons (Fsp3) is 0.286. The zero-order chi connectivity index (χ0) is 26.2. The van der Waals surface area contributed by atoms with E-state index in [4.69, 9.17) is 0 Å². The number of hydrogen-bond donors (Lipinski definition) is 4. The summed E-state index contributed by atoms with van der Waals surface area (Å²) in [6.45, 7) is 4.32. The summed E-state index contributed by atoms with van der Waals surface area (Å²) in [5, 5.41) is 26.1. The largest absolute Gasteiger partial charge is 0.478 e. The molecule has 0 heterocycles. The SMILES string of the molecule is CCc1cccc(CNC[C@@H](O)[C@H](Cc2cc(F)cc(F)c2)NC(=O)c2cc(C)cc(C(=O)O)c2)c1. The number of carboxylic acids is 1. The van der Waals surface area contributed by atoms with E-state index >= 15 is 0 Å². The van der Waals surface area contributed by atoms with E-state index in [9.17, 15) is 28.6 Å². The Kier molecular flexibility index (Phi) is 9.27. The Morgan fingerprint density at radius 1 is 0.917 bits per heavy atom. The highest BCUT2D eigenvalue weighted by molar-refractivity contribution is 5.98. The second-order valence-corrected chi connectivity index (χ2v) is 8.83. The van der Waals surface area contributed by atoms with Crippen LogP contribution in [-0.4, -0.2) is 40.8 Å². The fourth-order valence-electron chi connectivity index (χ4n) is 4.02. The van der Waals surface area contributed by atoms with E-state index in [-0.39, 0.29) is 29.7 Å². The van der Waals surface area contributed by atoms with Crippen LogP contribution in [0.3, 0.4) is 0 Å². The van der Waals surface area contributed by atoms with Gasteiger partial charge in [0.2, 0.25) is 0 Å². The molecular weight excluding hydrogens is 466 g/mol. The number of carboxylic acid groups (broad SMARTS) is 1. The summed E-state index contributed by atoms with van der Waals surface area (Å²) in [5.74, 6) is -3.29. The Morgan fingerprint density at radius 2 is 1.58 bits per heavy atom. The molecule has 0 fully saturated rings. The molecule has 3 aromatic carbocycles. The Morgan fingerprint density at radius 3 is 2.25 bits per heavy atom. The van der Waals surface area contributed by atoms with Crippen LogP contribution >= 0.6 is 0 Å². The summed E-state index contributed by atoms with van der Waals surface area (Å²) in [6, 6.07) is 14.4. The molecule has 6 nitrogen and oxygen atoms in total. The number of carbonyl (C=O) groups is 2. The number of aromatic carboxylic acids is 1. The number of amides is 1. The molecule has 3 rings (SSSR count). The van der Waals surface area contributed by atoms with Crippen molar-refractivity contribution in [3.05, 3.63) is 106 Å². The van der Waals surface area contributed by atoms with Gasteiger partial charge in [-0.15, -0.1) is 0 Å². The maximum Gasteiger partial charge on any atom is 0.335 e. The number of halogens is 2. The number of nitrogens with one attached hydrogen (secondary N) is 2. The van der Waals surface area contributed by atoms with Crippen molar-refractivity contribution in [2.75, 3.05) is 6.54 Å². The molecule has 190 valence electrons. The molecule has 0 unspecified atom stereocenters. The van der Waals surface area contributed by atoms with E-state index < -0.39 is 35.7 Å². The molecule has 4 N–H and O–H groups in total. The summed E-state index contributed by atoms with van der Waals surface area (Å²) >= 11 is 0. The second-order valence-electron chi connectivity index (χ2n) is 8.83. The van der Waals surface area contributed by atoms with Gasteiger partial charge >= 0.3 is 5.97 Å². The molecule has 0 aromatic heterocycles. The van der Waals surface area contributed by atoms with Gasteiger partial charge in [-0.25, -0.2) is 13.6 Å². The second kappa shape index (κ2) is 12.4. The fourth-order valence-corrected chi connectivity index (χ4v) is 4.02. The normalized spacial score (nSPS) is 12.7. The number of rotatable bonds is 11. The number of carbonyl (C=O) groups excluding carboxylic acids is 1. The highest BCUT2D eigenvalue weighted by Crippen LogP contribution is 2.15. The van der Waals surface area contributed by atoms with Gasteiger partial charge in [0, 0.05) is 24.7 Å². The van der Waals surface area contributed by atoms with E-state index in [1.54, 1.807) is 6.92 Å². The highest BCUT2D eigenvalue weighted by Gasteiger charge is 2.23. The van der Waals surface area contributed by atoms with Crippen LogP contribution in [0, 0.1) is 18.6 Å². The Labute approximate surface area is 209 Å². The Balaban J connectivity index is 1.76. The molecule has 8 heteroatoms. The number of aryl methyl sites for hydroxylation is 2. The minimum absolute atomic E-state index is 0.0355. The summed E-state index contributed by atoms with van der Waals surface area (Å²) in [6.07, 6.45) is -0.234. The third-order valence-electron chi connectivity index (χ3n) is 5.83. The van der Waals surface area contributed by atoms with Gasteiger partial charge in [-0.05, 0) is 72.4 Å². The van der Waals surface area contributed by atoms with Crippen molar-refractivity contribution in [3.63, 3.8) is 0 Å². The van der Waals surface area contributed by atoms with Gasteiger partial charge in [-0.1, -0.05) is 31.2 Å². The van der Waals surface area contributed by atoms with Crippen molar-refractivity contribution in [2.24, 2.45) is 0 Å². The van der Waals surface area contributed by atoms with Crippen LogP contribution in [0.2, 0.25) is 0 Å². The lowest BCUT2D eigenvalue weighted by Gasteiger charge is -2.25. The van der Waals surface area contributed by atoms with Gasteiger partial charge < -0.3 is 20.8 Å². The molecule has 0 aliphatic carbocycles. The summed E-state index contributed by atoms with van der Waals surface area (Å²) in [4.78, 5) is 24.4. The number of aliphatic hydroxyl groups is 1. The first kappa shape index (κ1) is 27.0. The van der Waals surface area contributed by atoms with E-state index in [0.29, 0.717) is 12.1 Å². The number of aliphatic hydroxyl groups excluding tert-OH is 1. The molecule has 1 amide bonds. The van der Waals surface area contributed by atoms with Crippen LogP contribution in [-0.2, 0) is 19.4 Å². The Hall–Kier alpha value is -3.62. The molecular formula is C28H30F2N2O4. The molecule has 0 saturated carbocycles. The summed E-state index contributed by atoms with van der Waals surface area (Å²) < 4.78 is 27.5. The van der Waals surface area contributed by atoms with Crippen LogP contribution < -0.4 is 10.6 Å². The average Bonchev–Trinajstić information content (AvgIpc) is 2.82. The third kappa shape index (κ3) is 7.69. The first-order valence-electron chi connectivity index (χ1n) is 11.7. The van der Waals surface area contributed by atoms with Crippen molar-refractivity contribution in [2.45, 2.75) is 45.4 Å². The van der Waals surface area contributed by atoms with Crippen LogP contribution in [0.15, 0.2) is 60.7 Å². The van der Waals surface area contributed by atoms with E-state index in [0.717, 1.165) is 30.2 Å². The van der Waals surface area contributed by atoms with E-state index in [1.807, 2.05) is 18.2 Å². The lowest BCUT2D eigenvalue weighted by Crippen LogP contribution is -2.48. The molecule has 0 saturated heterocycles. The smallest absolute Gasteiger partial charge is 0.335 e. The Bertz CT molecular complexity index is 1210. The van der Waals surface area contributed by atoms with Crippen molar-refractivity contribution in [1.29, 1.82) is 0 Å². The van der Waals surface area contributed by atoms with Gasteiger partial charge in [0.1, 0.15) is 11.6 Å². The maximum absolute atomic E-state index is 13.8. The van der Waals surface area contributed by atoms with Crippen LogP contribution in [0.5, 0.6) is 0 Å². The third-order valence-corrected chi connectivity index (χ3v) is 5.83. The van der Waals surface area contributed by atoms with Crippen molar-refractivity contribution in [3.8, 4) is 0 Å². The van der Waals surface area contributed by atoms with E-state index in [2.05, 4.69) is 23.6 Å². The monoisotopic (exact) mass is 496 g/mol. The molecule has 0 aliphatic heterocycles. The summed E-state index contributed by atoms with van der Waals surface area (Å²) in [7, 11) is 0. The van der Waals surface area contributed by atoms with Gasteiger partial charge in [0.15, 0.2) is 0 Å². The van der Waals surface area contributed by atoms with Gasteiger partial charge in [0.25, 0.3) is 5.91 Å². The zero-order valence-electron chi connectivity index (χ0n) is 20.2. The van der Waals surface area contributed by atoms with Crippen molar-refractivity contribution < 1.29 is 28.6 Å². The van der Waals surface area contributed by atoms with Gasteiger partial charge in [-0.2, -0.15) is 0 Å². The number of benzene rings is 3. The van der Waals surface area contributed by atoms with Gasteiger partial charge in [0.05, 0.1) is 17.7 Å². The highest BCUT2D eigenvalue weighted by atomic mass is 19.1. The van der Waals surface area contributed by atoms with E-state index in [1.165, 1.54) is 23.8 Å². The minimum Gasteiger partial charge on any atom is -0.478 e. The standard InChI is InChI=1S/C28H30F2N2O4/c1-3-18-5-4-6-19(9-18)15-31-16-26(33)25(12-20-10-23(29)14-24(30)11-20)32-27(34)21-7-17(2)8-22(13-21)28(35)36/h4-11,13-14,25-26,31,33H,3,12,15-16H2,1-2H3,(H,32,34)(H,35,36)/t25-,26+/m0/s1. The molecule has 0 radical (unpaired) electrons. The van der Waals surface area contributed by atoms with Crippen molar-refractivity contribution >= 4 is 11.9 Å². The molecule has 0 bridgehead atoms. The quantitative estimate of drug-likeness (QED) is 0.321. The molecule has 36 heavy (non-hydrogen) atoms. The molecule has 2 atom stereocenters. The molecule has 3 aromatic rings. The summed E-state index contributed by atoms with van der Waals surface area (Å²) in [5.41, 5.74) is 3.14. The molecule has 0 spiro atoms. The average molecular weight is 497 g/mol. The minimum atomic E-state index is -1.17. The van der Waals surface area contributed by atoms with Crippen LogP contribution in [0.25, 0.3) is 0 Å².